The highest BCUT2D eigenvalue weighted by atomic mass is 19.1. The van der Waals surface area contributed by atoms with E-state index >= 15 is 0 Å². The van der Waals surface area contributed by atoms with Crippen LogP contribution in [0.25, 0.3) is 0 Å². The third-order valence-electron chi connectivity index (χ3n) is 5.55. The highest BCUT2D eigenvalue weighted by Gasteiger charge is 2.21. The fourth-order valence-corrected chi connectivity index (χ4v) is 3.84. The van der Waals surface area contributed by atoms with E-state index in [0.717, 1.165) is 50.4 Å². The molecule has 0 spiro atoms. The minimum absolute atomic E-state index is 0.209. The molecule has 1 heterocycles. The molecule has 1 aliphatic rings. The first-order chi connectivity index (χ1) is 14.7. The molecule has 0 N–H and O–H groups in total. The van der Waals surface area contributed by atoms with Crippen molar-refractivity contribution < 1.29 is 13.5 Å². The van der Waals surface area contributed by atoms with Crippen LogP contribution in [0.1, 0.15) is 18.1 Å². The van der Waals surface area contributed by atoms with Gasteiger partial charge in [0.25, 0.3) is 0 Å². The van der Waals surface area contributed by atoms with Crippen molar-refractivity contribution in [2.75, 3.05) is 37.6 Å². The summed E-state index contributed by atoms with van der Waals surface area (Å²) in [7, 11) is 0. The van der Waals surface area contributed by atoms with Crippen LogP contribution >= 0.6 is 0 Å². The number of piperazine rings is 1. The molecule has 156 valence electrons. The van der Waals surface area contributed by atoms with Gasteiger partial charge in [-0.25, -0.2) is 8.78 Å². The van der Waals surface area contributed by atoms with Crippen molar-refractivity contribution >= 4 is 5.69 Å². The second-order valence-corrected chi connectivity index (χ2v) is 7.54. The number of rotatable bonds is 7. The van der Waals surface area contributed by atoms with Crippen molar-refractivity contribution in [3.8, 4) is 5.75 Å². The number of ether oxygens (including phenoxy) is 1. The third kappa shape index (κ3) is 5.16. The molecular weight excluding hydrogens is 382 g/mol. The Morgan fingerprint density at radius 1 is 0.767 bits per heavy atom. The number of benzene rings is 3. The Labute approximate surface area is 176 Å². The first-order valence-corrected chi connectivity index (χ1v) is 10.4. The SMILES string of the molecule is Fc1ccc(N2CCN(CCC(Oc3ccccc3F)c3ccccc3)CC2)cc1. The quantitative estimate of drug-likeness (QED) is 0.528. The summed E-state index contributed by atoms with van der Waals surface area (Å²) in [4.78, 5) is 4.68. The fourth-order valence-electron chi connectivity index (χ4n) is 3.84. The summed E-state index contributed by atoms with van der Waals surface area (Å²) >= 11 is 0. The number of para-hydroxylation sites is 1. The van der Waals surface area contributed by atoms with E-state index in [1.807, 2.05) is 42.5 Å². The smallest absolute Gasteiger partial charge is 0.165 e. The molecule has 5 heteroatoms. The zero-order valence-electron chi connectivity index (χ0n) is 16.9. The molecule has 1 fully saturated rings. The molecule has 0 radical (unpaired) electrons. The number of hydrogen-bond acceptors (Lipinski definition) is 3. The lowest BCUT2D eigenvalue weighted by atomic mass is 10.1. The molecule has 1 atom stereocenters. The maximum absolute atomic E-state index is 14.1. The van der Waals surface area contributed by atoms with Crippen LogP contribution in [-0.4, -0.2) is 37.6 Å². The molecule has 0 aromatic heterocycles. The van der Waals surface area contributed by atoms with Crippen LogP contribution in [0.2, 0.25) is 0 Å². The minimum atomic E-state index is -0.341. The molecular formula is C25H26F2N2O. The average Bonchev–Trinajstić information content (AvgIpc) is 2.79. The van der Waals surface area contributed by atoms with Gasteiger partial charge in [0.05, 0.1) is 0 Å². The van der Waals surface area contributed by atoms with Gasteiger partial charge in [0, 0.05) is 44.8 Å². The molecule has 30 heavy (non-hydrogen) atoms. The lowest BCUT2D eigenvalue weighted by Crippen LogP contribution is -2.46. The van der Waals surface area contributed by atoms with E-state index in [9.17, 15) is 8.78 Å². The Hall–Kier alpha value is -2.92. The summed E-state index contributed by atoms with van der Waals surface area (Å²) in [6.45, 7) is 4.52. The van der Waals surface area contributed by atoms with Gasteiger partial charge >= 0.3 is 0 Å². The number of nitrogens with zero attached hydrogens (tertiary/aromatic N) is 2. The van der Waals surface area contributed by atoms with Gasteiger partial charge in [0.1, 0.15) is 11.9 Å². The predicted molar refractivity (Wildman–Crippen MR) is 116 cm³/mol. The summed E-state index contributed by atoms with van der Waals surface area (Å²) in [5.41, 5.74) is 2.10. The summed E-state index contributed by atoms with van der Waals surface area (Å²) in [5, 5.41) is 0. The predicted octanol–water partition coefficient (Wildman–Crippen LogP) is 5.30. The number of hydrogen-bond donors (Lipinski definition) is 0. The molecule has 0 saturated carbocycles. The van der Waals surface area contributed by atoms with Crippen LogP contribution in [0.15, 0.2) is 78.9 Å². The first kappa shape index (κ1) is 20.4. The summed E-state index contributed by atoms with van der Waals surface area (Å²) in [5.74, 6) is -0.266. The Kier molecular flexibility index (Phi) is 6.60. The molecule has 0 aliphatic carbocycles. The normalized spacial score (nSPS) is 15.7. The zero-order chi connectivity index (χ0) is 20.8. The largest absolute Gasteiger partial charge is 0.483 e. The van der Waals surface area contributed by atoms with Gasteiger partial charge in [0.15, 0.2) is 11.6 Å². The first-order valence-electron chi connectivity index (χ1n) is 10.4. The summed E-state index contributed by atoms with van der Waals surface area (Å²) in [6.07, 6.45) is 0.563. The van der Waals surface area contributed by atoms with Gasteiger partial charge in [-0.3, -0.25) is 4.90 Å². The van der Waals surface area contributed by atoms with Crippen LogP contribution in [0, 0.1) is 11.6 Å². The monoisotopic (exact) mass is 408 g/mol. The molecule has 0 bridgehead atoms. The lowest BCUT2D eigenvalue weighted by Gasteiger charge is -2.36. The highest BCUT2D eigenvalue weighted by Crippen LogP contribution is 2.27. The van der Waals surface area contributed by atoms with E-state index in [1.165, 1.54) is 18.2 Å². The molecule has 1 saturated heterocycles. The second-order valence-electron chi connectivity index (χ2n) is 7.54. The molecule has 4 rings (SSSR count). The van der Waals surface area contributed by atoms with E-state index in [2.05, 4.69) is 9.80 Å². The molecule has 1 aliphatic heterocycles. The molecule has 3 nitrogen and oxygen atoms in total. The Morgan fingerprint density at radius 2 is 1.43 bits per heavy atom. The average molecular weight is 408 g/mol. The molecule has 3 aromatic rings. The zero-order valence-corrected chi connectivity index (χ0v) is 16.9. The van der Waals surface area contributed by atoms with Crippen LogP contribution in [0.3, 0.4) is 0 Å². The van der Waals surface area contributed by atoms with E-state index in [0.29, 0.717) is 0 Å². The van der Waals surface area contributed by atoms with E-state index < -0.39 is 0 Å². The maximum atomic E-state index is 14.1. The molecule has 0 amide bonds. The molecule has 1 unspecified atom stereocenters. The lowest BCUT2D eigenvalue weighted by molar-refractivity contribution is 0.155. The van der Waals surface area contributed by atoms with Gasteiger partial charge in [-0.15, -0.1) is 0 Å². The summed E-state index contributed by atoms with van der Waals surface area (Å²) in [6, 6.07) is 23.2. The van der Waals surface area contributed by atoms with Gasteiger partial charge in [0.2, 0.25) is 0 Å². The highest BCUT2D eigenvalue weighted by molar-refractivity contribution is 5.46. The summed E-state index contributed by atoms with van der Waals surface area (Å²) < 4.78 is 33.4. The Balaban J connectivity index is 1.36. The standard InChI is InChI=1S/C25H26F2N2O/c26-21-10-12-22(13-11-21)29-18-16-28(17-19-29)15-14-24(20-6-2-1-3-7-20)30-25-9-5-4-8-23(25)27/h1-13,24H,14-19H2. The molecule has 3 aromatic carbocycles. The topological polar surface area (TPSA) is 15.7 Å². The number of halogens is 2. The van der Waals surface area contributed by atoms with Gasteiger partial charge in [-0.1, -0.05) is 42.5 Å². The van der Waals surface area contributed by atoms with Crippen molar-refractivity contribution in [1.29, 1.82) is 0 Å². The van der Waals surface area contributed by atoms with E-state index in [-0.39, 0.29) is 23.5 Å². The van der Waals surface area contributed by atoms with Crippen LogP contribution in [-0.2, 0) is 0 Å². The van der Waals surface area contributed by atoms with Crippen molar-refractivity contribution in [2.24, 2.45) is 0 Å². The van der Waals surface area contributed by atoms with Gasteiger partial charge in [-0.2, -0.15) is 0 Å². The second kappa shape index (κ2) is 9.72. The maximum Gasteiger partial charge on any atom is 0.165 e. The fraction of sp³-hybridized carbons (Fsp3) is 0.280. The Morgan fingerprint density at radius 3 is 2.13 bits per heavy atom. The van der Waals surface area contributed by atoms with E-state index in [4.69, 9.17) is 4.74 Å². The third-order valence-corrected chi connectivity index (χ3v) is 5.55. The van der Waals surface area contributed by atoms with Gasteiger partial charge in [-0.05, 0) is 42.0 Å². The number of anilines is 1. The van der Waals surface area contributed by atoms with Crippen molar-refractivity contribution in [3.63, 3.8) is 0 Å². The van der Waals surface area contributed by atoms with E-state index in [1.54, 1.807) is 18.2 Å². The van der Waals surface area contributed by atoms with Crippen molar-refractivity contribution in [1.82, 2.24) is 4.90 Å². The van der Waals surface area contributed by atoms with Crippen LogP contribution in [0.5, 0.6) is 5.75 Å². The van der Waals surface area contributed by atoms with Crippen molar-refractivity contribution in [2.45, 2.75) is 12.5 Å². The van der Waals surface area contributed by atoms with Crippen LogP contribution in [0.4, 0.5) is 14.5 Å². The van der Waals surface area contributed by atoms with Crippen molar-refractivity contribution in [3.05, 3.63) is 96.1 Å². The van der Waals surface area contributed by atoms with Crippen LogP contribution < -0.4 is 9.64 Å². The van der Waals surface area contributed by atoms with Gasteiger partial charge < -0.3 is 9.64 Å². The Bertz CT molecular complexity index is 925. The minimum Gasteiger partial charge on any atom is -0.483 e.